The van der Waals surface area contributed by atoms with Gasteiger partial charge in [-0.1, -0.05) is 185 Å². The normalized spacial score (nSPS) is 14.6. The Hall–Kier alpha value is -1.28. The number of amides is 1. The van der Waals surface area contributed by atoms with Gasteiger partial charge in [0.25, 0.3) is 7.82 Å². The molecule has 0 aromatic rings. The monoisotopic (exact) mass is 811 g/mol. The standard InChI is InChI=1S/C47H91N2O6P/c1-6-8-10-12-14-15-16-17-18-19-20-21-22-23-24-25-26-27-28-29-30-31-32-33-35-37-39-41-47(51)48-45(46(50)40-38-36-34-13-11-9-7-2)44-55-56(52,53)54-43-42-49(3,4)5/h16-17,19-20,38,40,45-46,50H,6-15,18,21-37,39,41-44H2,1-5H3,(H-,48,51,52,53)/b17-16-,20-19-,40-38+. The van der Waals surface area contributed by atoms with Crippen molar-refractivity contribution in [2.75, 3.05) is 40.9 Å². The van der Waals surface area contributed by atoms with E-state index >= 15 is 0 Å². The van der Waals surface area contributed by atoms with Crippen LogP contribution in [0.1, 0.15) is 206 Å². The van der Waals surface area contributed by atoms with Crippen LogP contribution < -0.4 is 10.2 Å². The van der Waals surface area contributed by atoms with Gasteiger partial charge in [-0.3, -0.25) is 9.36 Å². The lowest BCUT2D eigenvalue weighted by Crippen LogP contribution is -2.45. The summed E-state index contributed by atoms with van der Waals surface area (Å²) in [7, 11) is 1.26. The van der Waals surface area contributed by atoms with Crippen LogP contribution in [-0.4, -0.2) is 68.5 Å². The third-order valence-electron chi connectivity index (χ3n) is 10.3. The number of nitrogens with zero attached hydrogens (tertiary/aromatic N) is 1. The predicted molar refractivity (Wildman–Crippen MR) is 238 cm³/mol. The summed E-state index contributed by atoms with van der Waals surface area (Å²) in [5.74, 6) is -0.202. The van der Waals surface area contributed by atoms with E-state index in [1.165, 1.54) is 141 Å². The average Bonchev–Trinajstić information content (AvgIpc) is 3.15. The van der Waals surface area contributed by atoms with Crippen LogP contribution in [-0.2, 0) is 18.4 Å². The Balaban J connectivity index is 4.02. The van der Waals surface area contributed by atoms with E-state index in [-0.39, 0.29) is 19.1 Å². The molecule has 0 aliphatic heterocycles. The first-order chi connectivity index (χ1) is 27.0. The van der Waals surface area contributed by atoms with E-state index < -0.39 is 20.0 Å². The fraction of sp³-hybridized carbons (Fsp3) is 0.851. The van der Waals surface area contributed by atoms with Crippen LogP contribution in [0.5, 0.6) is 0 Å². The fourth-order valence-electron chi connectivity index (χ4n) is 6.59. The van der Waals surface area contributed by atoms with E-state index in [2.05, 4.69) is 43.5 Å². The molecule has 0 saturated carbocycles. The number of carbonyl (C=O) groups is 1. The molecular weight excluding hydrogens is 719 g/mol. The molecule has 0 aliphatic rings. The number of quaternary nitrogens is 1. The molecule has 3 atom stereocenters. The zero-order valence-electron chi connectivity index (χ0n) is 37.3. The van der Waals surface area contributed by atoms with Gasteiger partial charge < -0.3 is 28.8 Å². The Morgan fingerprint density at radius 2 is 1.04 bits per heavy atom. The summed E-state index contributed by atoms with van der Waals surface area (Å²) in [5, 5.41) is 13.7. The van der Waals surface area contributed by atoms with Crippen LogP contribution in [0.4, 0.5) is 0 Å². The Morgan fingerprint density at radius 1 is 0.625 bits per heavy atom. The second-order valence-corrected chi connectivity index (χ2v) is 18.5. The molecule has 0 spiro atoms. The Bertz CT molecular complexity index is 1010. The van der Waals surface area contributed by atoms with Crippen LogP contribution in [0.3, 0.4) is 0 Å². The van der Waals surface area contributed by atoms with Crippen molar-refractivity contribution in [1.82, 2.24) is 5.32 Å². The van der Waals surface area contributed by atoms with E-state index in [1.54, 1.807) is 6.08 Å². The van der Waals surface area contributed by atoms with Gasteiger partial charge in [0.05, 0.1) is 39.9 Å². The van der Waals surface area contributed by atoms with Crippen LogP contribution in [0.2, 0.25) is 0 Å². The van der Waals surface area contributed by atoms with E-state index in [0.717, 1.165) is 44.9 Å². The molecule has 2 N–H and O–H groups in total. The lowest BCUT2D eigenvalue weighted by atomic mass is 10.0. The fourth-order valence-corrected chi connectivity index (χ4v) is 7.32. The number of likely N-dealkylation sites (N-methyl/N-ethyl adjacent to an activating group) is 1. The highest BCUT2D eigenvalue weighted by molar-refractivity contribution is 7.45. The SMILES string of the molecule is CCCCCCC/C=C\C/C=C\CCCCCCCCCCCCCCCCCC(=O)NC(COP(=O)([O-])OCC[N+](C)(C)C)C(O)/C=C/CCCCCCC. The molecule has 3 unspecified atom stereocenters. The smallest absolute Gasteiger partial charge is 0.268 e. The maximum atomic E-state index is 12.8. The number of hydrogen-bond acceptors (Lipinski definition) is 6. The highest BCUT2D eigenvalue weighted by atomic mass is 31.2. The molecular formula is C47H91N2O6P. The first-order valence-electron chi connectivity index (χ1n) is 23.4. The topological polar surface area (TPSA) is 108 Å². The van der Waals surface area contributed by atoms with E-state index in [4.69, 9.17) is 9.05 Å². The number of phosphoric ester groups is 1. The van der Waals surface area contributed by atoms with Crippen molar-refractivity contribution >= 4 is 13.7 Å². The Kier molecular flexibility index (Phi) is 38.3. The summed E-state index contributed by atoms with van der Waals surface area (Å²) < 4.78 is 23.1. The highest BCUT2D eigenvalue weighted by Crippen LogP contribution is 2.38. The average molecular weight is 811 g/mol. The maximum absolute atomic E-state index is 12.8. The van der Waals surface area contributed by atoms with E-state index in [9.17, 15) is 19.4 Å². The number of aliphatic hydroxyl groups excluding tert-OH is 1. The molecule has 0 aromatic carbocycles. The van der Waals surface area contributed by atoms with Crippen molar-refractivity contribution < 1.29 is 32.9 Å². The number of phosphoric acid groups is 1. The quantitative estimate of drug-likeness (QED) is 0.0275. The largest absolute Gasteiger partial charge is 0.756 e. The summed E-state index contributed by atoms with van der Waals surface area (Å²) in [6.07, 6.45) is 48.0. The molecule has 0 aliphatic carbocycles. The third-order valence-corrected chi connectivity index (χ3v) is 11.3. The number of rotatable bonds is 42. The molecule has 0 saturated heterocycles. The van der Waals surface area contributed by atoms with Crippen molar-refractivity contribution in [3.05, 3.63) is 36.5 Å². The third kappa shape index (κ3) is 40.9. The first-order valence-corrected chi connectivity index (χ1v) is 24.8. The van der Waals surface area contributed by atoms with Gasteiger partial charge in [0.15, 0.2) is 0 Å². The number of carbonyl (C=O) groups excluding carboxylic acids is 1. The van der Waals surface area contributed by atoms with Gasteiger partial charge >= 0.3 is 0 Å². The second kappa shape index (κ2) is 39.2. The summed E-state index contributed by atoms with van der Waals surface area (Å²) in [6.45, 7) is 4.57. The van der Waals surface area contributed by atoms with Crippen LogP contribution in [0, 0.1) is 0 Å². The molecule has 0 heterocycles. The minimum Gasteiger partial charge on any atom is -0.756 e. The summed E-state index contributed by atoms with van der Waals surface area (Å²) in [4.78, 5) is 25.2. The van der Waals surface area contributed by atoms with Crippen LogP contribution in [0.15, 0.2) is 36.5 Å². The highest BCUT2D eigenvalue weighted by Gasteiger charge is 2.23. The number of unbranched alkanes of at least 4 members (excludes halogenated alkanes) is 25. The second-order valence-electron chi connectivity index (χ2n) is 17.1. The maximum Gasteiger partial charge on any atom is 0.268 e. The zero-order valence-corrected chi connectivity index (χ0v) is 38.2. The summed E-state index contributed by atoms with van der Waals surface area (Å²) in [6, 6.07) is -0.882. The number of allylic oxidation sites excluding steroid dienone is 5. The van der Waals surface area contributed by atoms with Gasteiger partial charge in [0.1, 0.15) is 13.2 Å². The number of nitrogens with one attached hydrogen (secondary N) is 1. The molecule has 330 valence electrons. The van der Waals surface area contributed by atoms with E-state index in [1.807, 2.05) is 27.2 Å². The van der Waals surface area contributed by atoms with Crippen LogP contribution in [0.25, 0.3) is 0 Å². The van der Waals surface area contributed by atoms with Crippen molar-refractivity contribution in [3.8, 4) is 0 Å². The summed E-state index contributed by atoms with van der Waals surface area (Å²) in [5.41, 5.74) is 0. The van der Waals surface area contributed by atoms with Crippen LogP contribution >= 0.6 is 7.82 Å². The van der Waals surface area contributed by atoms with Gasteiger partial charge in [0.2, 0.25) is 5.91 Å². The van der Waals surface area contributed by atoms with E-state index in [0.29, 0.717) is 17.4 Å². The van der Waals surface area contributed by atoms with Gasteiger partial charge in [-0.25, -0.2) is 0 Å². The molecule has 0 fully saturated rings. The molecule has 56 heavy (non-hydrogen) atoms. The van der Waals surface area contributed by atoms with Gasteiger partial charge in [-0.15, -0.1) is 0 Å². The minimum absolute atomic E-state index is 0.00116. The number of hydrogen-bond donors (Lipinski definition) is 2. The first kappa shape index (κ1) is 54.7. The molecule has 9 heteroatoms. The van der Waals surface area contributed by atoms with Gasteiger partial charge in [0, 0.05) is 6.42 Å². The van der Waals surface area contributed by atoms with Crippen molar-refractivity contribution in [2.45, 2.75) is 219 Å². The molecule has 0 radical (unpaired) electrons. The number of aliphatic hydroxyl groups is 1. The zero-order chi connectivity index (χ0) is 41.4. The minimum atomic E-state index is -4.58. The van der Waals surface area contributed by atoms with Crippen molar-refractivity contribution in [3.63, 3.8) is 0 Å². The molecule has 8 nitrogen and oxygen atoms in total. The predicted octanol–water partition coefficient (Wildman–Crippen LogP) is 12.5. The lowest BCUT2D eigenvalue weighted by molar-refractivity contribution is -0.870. The molecule has 1 amide bonds. The molecule has 0 rings (SSSR count). The Morgan fingerprint density at radius 3 is 1.48 bits per heavy atom. The molecule has 0 aromatic heterocycles. The van der Waals surface area contributed by atoms with Gasteiger partial charge in [-0.2, -0.15) is 0 Å². The van der Waals surface area contributed by atoms with Gasteiger partial charge in [-0.05, 0) is 51.4 Å². The summed E-state index contributed by atoms with van der Waals surface area (Å²) >= 11 is 0. The molecule has 0 bridgehead atoms. The lowest BCUT2D eigenvalue weighted by Gasteiger charge is -2.29. The van der Waals surface area contributed by atoms with Crippen molar-refractivity contribution in [2.24, 2.45) is 0 Å². The Labute approximate surface area is 347 Å². The van der Waals surface area contributed by atoms with Crippen molar-refractivity contribution in [1.29, 1.82) is 0 Å².